The van der Waals surface area contributed by atoms with E-state index in [1.807, 2.05) is 62.5 Å². The van der Waals surface area contributed by atoms with Crippen LogP contribution in [0.5, 0.6) is 0 Å². The molecule has 0 radical (unpaired) electrons. The highest BCUT2D eigenvalue weighted by molar-refractivity contribution is 14.1. The van der Waals surface area contributed by atoms with Gasteiger partial charge in [-0.1, -0.05) is 54.1 Å². The van der Waals surface area contributed by atoms with Crippen molar-refractivity contribution in [2.45, 2.75) is 45.1 Å². The van der Waals surface area contributed by atoms with E-state index in [9.17, 15) is 18.7 Å². The molecule has 5 nitrogen and oxygen atoms in total. The molecular weight excluding hydrogens is 647 g/mol. The quantitative estimate of drug-likeness (QED) is 0.151. The number of aliphatic hydroxyl groups excluding tert-OH is 1. The van der Waals surface area contributed by atoms with Crippen LogP contribution < -0.4 is 10.6 Å². The molecule has 0 aliphatic carbocycles. The maximum Gasteiger partial charge on any atom is 0.251 e. The molecule has 0 saturated carbocycles. The maximum atomic E-state index is 14.0. The Labute approximate surface area is 260 Å². The Morgan fingerprint density at radius 1 is 0.857 bits per heavy atom. The molecule has 4 rings (SSSR count). The highest BCUT2D eigenvalue weighted by Gasteiger charge is 2.23. The summed E-state index contributed by atoms with van der Waals surface area (Å²) >= 11 is 2.24. The molecule has 3 N–H and O–H groups in total. The van der Waals surface area contributed by atoms with Crippen LogP contribution in [0, 0.1) is 22.1 Å². The fraction of sp³-hybridized carbons (Fsp3) is 0.265. The molecule has 0 aromatic heterocycles. The van der Waals surface area contributed by atoms with Gasteiger partial charge in [0.25, 0.3) is 5.91 Å². The predicted molar refractivity (Wildman–Crippen MR) is 171 cm³/mol. The van der Waals surface area contributed by atoms with E-state index in [1.165, 1.54) is 17.7 Å². The lowest BCUT2D eigenvalue weighted by Gasteiger charge is -2.25. The molecule has 0 aliphatic heterocycles. The minimum atomic E-state index is -1.01. The van der Waals surface area contributed by atoms with Crippen LogP contribution in [0.3, 0.4) is 0 Å². The van der Waals surface area contributed by atoms with Crippen LogP contribution in [0.1, 0.15) is 38.2 Å². The van der Waals surface area contributed by atoms with Gasteiger partial charge in [-0.15, -0.1) is 0 Å². The molecule has 0 spiro atoms. The van der Waals surface area contributed by atoms with Gasteiger partial charge in [-0.25, -0.2) is 8.78 Å². The number of aliphatic hydroxyl groups is 1. The molecule has 0 unspecified atom stereocenters. The first-order chi connectivity index (χ1) is 20.1. The Bertz CT molecular complexity index is 1460. The summed E-state index contributed by atoms with van der Waals surface area (Å²) in [7, 11) is 2.03. The molecule has 8 heteroatoms. The predicted octanol–water partition coefficient (Wildman–Crippen LogP) is 6.00. The molecular formula is C34H36F2IN3O2. The Balaban J connectivity index is 1.47. The Morgan fingerprint density at radius 3 is 2.26 bits per heavy atom. The third kappa shape index (κ3) is 9.97. The summed E-state index contributed by atoms with van der Waals surface area (Å²) in [5, 5.41) is 17.3. The fourth-order valence-corrected chi connectivity index (χ4v) is 5.63. The third-order valence-electron chi connectivity index (χ3n) is 6.88. The molecule has 2 atom stereocenters. The lowest BCUT2D eigenvalue weighted by Crippen LogP contribution is -2.48. The van der Waals surface area contributed by atoms with Crippen molar-refractivity contribution in [2.24, 2.45) is 0 Å². The minimum absolute atomic E-state index is 0.0605. The maximum absolute atomic E-state index is 14.0. The first kappa shape index (κ1) is 31.7. The van der Waals surface area contributed by atoms with Gasteiger partial charge in [0.1, 0.15) is 11.6 Å². The Morgan fingerprint density at radius 2 is 1.55 bits per heavy atom. The average molecular weight is 684 g/mol. The van der Waals surface area contributed by atoms with Crippen LogP contribution in [-0.4, -0.2) is 41.7 Å². The topological polar surface area (TPSA) is 64.6 Å². The SMILES string of the molecule is Cc1cc(CN(C)Cc2ccccc2)cc(C(=O)N[C@@H](Cc2cc(F)cc(F)c2)[C@H](O)CNCc2cccc(I)c2)c1. The van der Waals surface area contributed by atoms with Crippen LogP contribution in [0.15, 0.2) is 91.0 Å². The largest absolute Gasteiger partial charge is 0.390 e. The van der Waals surface area contributed by atoms with Crippen LogP contribution >= 0.6 is 22.6 Å². The van der Waals surface area contributed by atoms with Crippen molar-refractivity contribution >= 4 is 28.5 Å². The van der Waals surface area contributed by atoms with Crippen LogP contribution in [-0.2, 0) is 26.1 Å². The first-order valence-corrected chi connectivity index (χ1v) is 14.9. The van der Waals surface area contributed by atoms with Crippen molar-refractivity contribution in [3.8, 4) is 0 Å². The molecule has 0 bridgehead atoms. The molecule has 0 aliphatic rings. The summed E-state index contributed by atoms with van der Waals surface area (Å²) in [5.41, 5.74) is 5.00. The average Bonchev–Trinajstić information content (AvgIpc) is 2.92. The smallest absolute Gasteiger partial charge is 0.251 e. The van der Waals surface area contributed by atoms with E-state index in [0.717, 1.165) is 32.9 Å². The van der Waals surface area contributed by atoms with Gasteiger partial charge in [0.05, 0.1) is 12.1 Å². The van der Waals surface area contributed by atoms with Gasteiger partial charge in [0.2, 0.25) is 0 Å². The zero-order valence-corrected chi connectivity index (χ0v) is 25.9. The number of hydrogen-bond donors (Lipinski definition) is 3. The molecule has 1 amide bonds. The summed E-state index contributed by atoms with van der Waals surface area (Å²) in [4.78, 5) is 15.7. The van der Waals surface area contributed by atoms with Gasteiger partial charge in [-0.05, 0) is 102 Å². The second kappa shape index (κ2) is 15.3. The van der Waals surface area contributed by atoms with E-state index in [1.54, 1.807) is 6.07 Å². The summed E-state index contributed by atoms with van der Waals surface area (Å²) < 4.78 is 29.0. The van der Waals surface area contributed by atoms with Crippen molar-refractivity contribution in [1.82, 2.24) is 15.5 Å². The normalized spacial score (nSPS) is 12.7. The number of nitrogens with zero attached hydrogens (tertiary/aromatic N) is 1. The molecule has 42 heavy (non-hydrogen) atoms. The van der Waals surface area contributed by atoms with Crippen LogP contribution in [0.4, 0.5) is 8.78 Å². The molecule has 220 valence electrons. The Kier molecular flexibility index (Phi) is 11.6. The van der Waals surface area contributed by atoms with E-state index in [0.29, 0.717) is 24.2 Å². The minimum Gasteiger partial charge on any atom is -0.390 e. The summed E-state index contributed by atoms with van der Waals surface area (Å²) in [6, 6.07) is 26.3. The highest BCUT2D eigenvalue weighted by atomic mass is 127. The molecule has 4 aromatic carbocycles. The number of nitrogens with one attached hydrogen (secondary N) is 2. The van der Waals surface area contributed by atoms with E-state index >= 15 is 0 Å². The van der Waals surface area contributed by atoms with E-state index in [-0.39, 0.29) is 18.9 Å². The number of hydrogen-bond acceptors (Lipinski definition) is 4. The van der Waals surface area contributed by atoms with Crippen molar-refractivity contribution in [1.29, 1.82) is 0 Å². The van der Waals surface area contributed by atoms with Gasteiger partial charge >= 0.3 is 0 Å². The second-order valence-corrected chi connectivity index (χ2v) is 12.0. The zero-order valence-electron chi connectivity index (χ0n) is 23.8. The number of rotatable bonds is 13. The van der Waals surface area contributed by atoms with E-state index in [4.69, 9.17) is 0 Å². The summed E-state index contributed by atoms with van der Waals surface area (Å²) in [6.07, 6.45) is -0.949. The van der Waals surface area contributed by atoms with Gasteiger partial charge in [0.15, 0.2) is 0 Å². The number of aryl methyl sites for hydroxylation is 1. The van der Waals surface area contributed by atoms with Gasteiger partial charge in [0, 0.05) is 41.4 Å². The number of carbonyl (C=O) groups excluding carboxylic acids is 1. The highest BCUT2D eigenvalue weighted by Crippen LogP contribution is 2.16. The summed E-state index contributed by atoms with van der Waals surface area (Å²) in [5.74, 6) is -1.77. The van der Waals surface area contributed by atoms with Gasteiger partial charge < -0.3 is 15.7 Å². The van der Waals surface area contributed by atoms with Crippen LogP contribution in [0.2, 0.25) is 0 Å². The van der Waals surface area contributed by atoms with Crippen molar-refractivity contribution in [2.75, 3.05) is 13.6 Å². The molecule has 0 fully saturated rings. The van der Waals surface area contributed by atoms with Crippen LogP contribution in [0.25, 0.3) is 0 Å². The Hall–Kier alpha value is -3.18. The molecule has 0 heterocycles. The van der Waals surface area contributed by atoms with E-state index in [2.05, 4.69) is 56.3 Å². The van der Waals surface area contributed by atoms with Gasteiger partial charge in [-0.3, -0.25) is 9.69 Å². The summed E-state index contributed by atoms with van der Waals surface area (Å²) in [6.45, 7) is 4.06. The van der Waals surface area contributed by atoms with Crippen molar-refractivity contribution < 1.29 is 18.7 Å². The van der Waals surface area contributed by atoms with Gasteiger partial charge in [-0.2, -0.15) is 0 Å². The monoisotopic (exact) mass is 683 g/mol. The second-order valence-electron chi connectivity index (χ2n) is 10.8. The number of halogens is 3. The molecule has 4 aromatic rings. The van der Waals surface area contributed by atoms with Crippen molar-refractivity contribution in [3.05, 3.63) is 140 Å². The lowest BCUT2D eigenvalue weighted by atomic mass is 9.99. The number of benzene rings is 4. The standard InChI is InChI=1S/C34H36F2IN3O2/c1-23-11-27(22-40(2)21-24-7-4-3-5-8-24)13-28(12-23)34(42)39-32(17-26-14-29(35)18-30(36)15-26)33(41)20-38-19-25-9-6-10-31(37)16-25/h3-16,18,32-33,38,41H,17,19-22H2,1-2H3,(H,39,42)/t32-,33+/m0/s1. The number of amides is 1. The number of carbonyl (C=O) groups is 1. The lowest BCUT2D eigenvalue weighted by molar-refractivity contribution is 0.0829. The van der Waals surface area contributed by atoms with Crippen molar-refractivity contribution in [3.63, 3.8) is 0 Å². The zero-order chi connectivity index (χ0) is 30.1. The van der Waals surface area contributed by atoms with E-state index < -0.39 is 23.8 Å². The molecule has 0 saturated heterocycles. The first-order valence-electron chi connectivity index (χ1n) is 13.9. The third-order valence-corrected chi connectivity index (χ3v) is 7.55. The fourth-order valence-electron chi connectivity index (χ4n) is 5.02.